The Morgan fingerprint density at radius 3 is 2.72 bits per heavy atom. The first-order valence-electron chi connectivity index (χ1n) is 5.58. The first-order valence-corrected chi connectivity index (χ1v) is 6.37. The molecule has 0 saturated heterocycles. The zero-order chi connectivity index (χ0) is 13.1. The lowest BCUT2D eigenvalue weighted by Crippen LogP contribution is -2.07. The molecule has 0 fully saturated rings. The summed E-state index contributed by atoms with van der Waals surface area (Å²) in [5.41, 5.74) is 8.54. The second-order valence-electron chi connectivity index (χ2n) is 3.96. The molecule has 0 unspecified atom stereocenters. The second-order valence-corrected chi connectivity index (χ2v) is 4.87. The van der Waals surface area contributed by atoms with Gasteiger partial charge in [0.2, 0.25) is 5.88 Å². The molecule has 0 aliphatic rings. The van der Waals surface area contributed by atoms with Gasteiger partial charge in [-0.15, -0.1) is 5.10 Å². The zero-order valence-corrected chi connectivity index (χ0v) is 11.9. The average molecular weight is 308 g/mol. The number of halogens is 1. The number of hydrogen-bond donors (Lipinski definition) is 1. The Labute approximate surface area is 114 Å². The van der Waals surface area contributed by atoms with Gasteiger partial charge in [0.05, 0.1) is 5.69 Å². The molecule has 94 valence electrons. The van der Waals surface area contributed by atoms with E-state index in [9.17, 15) is 0 Å². The molecule has 5 heteroatoms. The highest BCUT2D eigenvalue weighted by Crippen LogP contribution is 2.27. The Kier molecular flexibility index (Phi) is 3.93. The lowest BCUT2D eigenvalue weighted by atomic mass is 10.1. The molecule has 0 aliphatic carbocycles. The fraction of sp³-hybridized carbons (Fsp3) is 0.231. The molecule has 1 aromatic carbocycles. The van der Waals surface area contributed by atoms with Crippen LogP contribution in [0.2, 0.25) is 0 Å². The SMILES string of the molecule is Cc1nnc(Oc2cccc(Br)c2)c(CN)c1C. The van der Waals surface area contributed by atoms with E-state index in [0.29, 0.717) is 18.2 Å². The molecule has 0 spiro atoms. The molecule has 0 aliphatic heterocycles. The van der Waals surface area contributed by atoms with Gasteiger partial charge in [0.15, 0.2) is 0 Å². The summed E-state index contributed by atoms with van der Waals surface area (Å²) in [6.07, 6.45) is 0. The summed E-state index contributed by atoms with van der Waals surface area (Å²) in [7, 11) is 0. The van der Waals surface area contributed by atoms with Crippen LogP contribution in [0.15, 0.2) is 28.7 Å². The summed E-state index contributed by atoms with van der Waals surface area (Å²) in [5, 5.41) is 8.13. The Morgan fingerprint density at radius 1 is 1.28 bits per heavy atom. The van der Waals surface area contributed by atoms with Crippen molar-refractivity contribution < 1.29 is 4.74 Å². The highest BCUT2D eigenvalue weighted by molar-refractivity contribution is 9.10. The van der Waals surface area contributed by atoms with Gasteiger partial charge in [0.25, 0.3) is 0 Å². The van der Waals surface area contributed by atoms with Gasteiger partial charge in [0, 0.05) is 16.6 Å². The van der Waals surface area contributed by atoms with E-state index in [2.05, 4.69) is 26.1 Å². The maximum atomic E-state index is 5.75. The fourth-order valence-electron chi connectivity index (χ4n) is 1.60. The average Bonchev–Trinajstić information content (AvgIpc) is 2.34. The van der Waals surface area contributed by atoms with Crippen LogP contribution in [0.25, 0.3) is 0 Å². The van der Waals surface area contributed by atoms with Crippen LogP contribution < -0.4 is 10.5 Å². The Hall–Kier alpha value is -1.46. The van der Waals surface area contributed by atoms with E-state index in [1.807, 2.05) is 38.1 Å². The van der Waals surface area contributed by atoms with Crippen LogP contribution in [0.4, 0.5) is 0 Å². The lowest BCUT2D eigenvalue weighted by molar-refractivity contribution is 0.446. The molecule has 0 radical (unpaired) electrons. The van der Waals surface area contributed by atoms with Gasteiger partial charge in [-0.3, -0.25) is 0 Å². The number of benzene rings is 1. The van der Waals surface area contributed by atoms with E-state index in [1.165, 1.54) is 0 Å². The van der Waals surface area contributed by atoms with Gasteiger partial charge in [-0.05, 0) is 37.6 Å². The smallest absolute Gasteiger partial charge is 0.243 e. The third kappa shape index (κ3) is 2.68. The number of nitrogens with zero attached hydrogens (tertiary/aromatic N) is 2. The van der Waals surface area contributed by atoms with E-state index in [4.69, 9.17) is 10.5 Å². The predicted octanol–water partition coefficient (Wildman–Crippen LogP) is 3.11. The van der Waals surface area contributed by atoms with Crippen molar-refractivity contribution in [2.75, 3.05) is 0 Å². The number of nitrogens with two attached hydrogens (primary N) is 1. The van der Waals surface area contributed by atoms with Crippen molar-refractivity contribution in [1.82, 2.24) is 10.2 Å². The third-order valence-corrected chi connectivity index (χ3v) is 3.25. The summed E-state index contributed by atoms with van der Waals surface area (Å²) in [6.45, 7) is 4.26. The van der Waals surface area contributed by atoms with Gasteiger partial charge in [-0.2, -0.15) is 5.10 Å². The molecular formula is C13H14BrN3O. The van der Waals surface area contributed by atoms with E-state index in [-0.39, 0.29) is 0 Å². The minimum Gasteiger partial charge on any atom is -0.437 e. The normalized spacial score (nSPS) is 10.4. The molecule has 2 N–H and O–H groups in total. The first kappa shape index (κ1) is 13.0. The van der Waals surface area contributed by atoms with Crippen molar-refractivity contribution in [2.24, 2.45) is 5.73 Å². The number of ether oxygens (including phenoxy) is 1. The molecule has 0 atom stereocenters. The van der Waals surface area contributed by atoms with Crippen molar-refractivity contribution in [3.05, 3.63) is 45.6 Å². The van der Waals surface area contributed by atoms with Crippen LogP contribution in [0.1, 0.15) is 16.8 Å². The molecule has 1 aromatic heterocycles. The number of aromatic nitrogens is 2. The maximum absolute atomic E-state index is 5.75. The first-order chi connectivity index (χ1) is 8.61. The standard InChI is InChI=1S/C13H14BrN3O/c1-8-9(2)16-17-13(12(8)7-15)18-11-5-3-4-10(14)6-11/h3-6H,7,15H2,1-2H3. The van der Waals surface area contributed by atoms with Crippen LogP contribution >= 0.6 is 15.9 Å². The highest BCUT2D eigenvalue weighted by atomic mass is 79.9. The molecular weight excluding hydrogens is 294 g/mol. The quantitative estimate of drug-likeness (QED) is 0.946. The fourth-order valence-corrected chi connectivity index (χ4v) is 1.98. The minimum absolute atomic E-state index is 0.380. The molecule has 2 rings (SSSR count). The van der Waals surface area contributed by atoms with Crippen molar-refractivity contribution in [3.8, 4) is 11.6 Å². The predicted molar refractivity (Wildman–Crippen MR) is 73.6 cm³/mol. The van der Waals surface area contributed by atoms with Crippen molar-refractivity contribution >= 4 is 15.9 Å². The lowest BCUT2D eigenvalue weighted by Gasteiger charge is -2.11. The molecule has 0 amide bonds. The molecule has 2 aromatic rings. The number of rotatable bonds is 3. The summed E-state index contributed by atoms with van der Waals surface area (Å²) in [6, 6.07) is 7.57. The molecule has 0 saturated carbocycles. The van der Waals surface area contributed by atoms with Crippen molar-refractivity contribution in [3.63, 3.8) is 0 Å². The van der Waals surface area contributed by atoms with Crippen LogP contribution in [0, 0.1) is 13.8 Å². The summed E-state index contributed by atoms with van der Waals surface area (Å²) < 4.78 is 6.68. The van der Waals surface area contributed by atoms with Crippen LogP contribution in [-0.4, -0.2) is 10.2 Å². The van der Waals surface area contributed by atoms with Crippen LogP contribution in [0.3, 0.4) is 0 Å². The molecule has 1 heterocycles. The largest absolute Gasteiger partial charge is 0.437 e. The van der Waals surface area contributed by atoms with Crippen LogP contribution in [0.5, 0.6) is 11.6 Å². The molecule has 0 bridgehead atoms. The number of hydrogen-bond acceptors (Lipinski definition) is 4. The van der Waals surface area contributed by atoms with Gasteiger partial charge in [-0.25, -0.2) is 0 Å². The van der Waals surface area contributed by atoms with E-state index in [1.54, 1.807) is 0 Å². The van der Waals surface area contributed by atoms with Gasteiger partial charge >= 0.3 is 0 Å². The minimum atomic E-state index is 0.380. The third-order valence-electron chi connectivity index (χ3n) is 2.76. The summed E-state index contributed by atoms with van der Waals surface area (Å²) in [5.74, 6) is 1.18. The Morgan fingerprint density at radius 2 is 2.06 bits per heavy atom. The Bertz CT molecular complexity index is 572. The second kappa shape index (κ2) is 5.46. The van der Waals surface area contributed by atoms with E-state index >= 15 is 0 Å². The molecule has 18 heavy (non-hydrogen) atoms. The van der Waals surface area contributed by atoms with E-state index in [0.717, 1.165) is 21.3 Å². The Balaban J connectivity index is 2.37. The van der Waals surface area contributed by atoms with Gasteiger partial charge < -0.3 is 10.5 Å². The van der Waals surface area contributed by atoms with Gasteiger partial charge in [-0.1, -0.05) is 22.0 Å². The molecule has 4 nitrogen and oxygen atoms in total. The summed E-state index contributed by atoms with van der Waals surface area (Å²) >= 11 is 3.40. The summed E-state index contributed by atoms with van der Waals surface area (Å²) in [4.78, 5) is 0. The van der Waals surface area contributed by atoms with Gasteiger partial charge in [0.1, 0.15) is 5.75 Å². The monoisotopic (exact) mass is 307 g/mol. The zero-order valence-electron chi connectivity index (χ0n) is 10.3. The maximum Gasteiger partial charge on any atom is 0.243 e. The van der Waals surface area contributed by atoms with E-state index < -0.39 is 0 Å². The van der Waals surface area contributed by atoms with Crippen molar-refractivity contribution in [1.29, 1.82) is 0 Å². The number of aryl methyl sites for hydroxylation is 1. The topological polar surface area (TPSA) is 61.0 Å². The van der Waals surface area contributed by atoms with Crippen LogP contribution in [-0.2, 0) is 6.54 Å². The van der Waals surface area contributed by atoms with Crippen molar-refractivity contribution in [2.45, 2.75) is 20.4 Å². The highest BCUT2D eigenvalue weighted by Gasteiger charge is 2.11.